The summed E-state index contributed by atoms with van der Waals surface area (Å²) in [6.07, 6.45) is 8.93. The third kappa shape index (κ3) is 3.82. The first-order chi connectivity index (χ1) is 10.6. The number of hydrogen-bond acceptors (Lipinski definition) is 2. The van der Waals surface area contributed by atoms with E-state index in [1.54, 1.807) is 18.2 Å². The normalized spacial score (nSPS) is 17.4. The van der Waals surface area contributed by atoms with Gasteiger partial charge >= 0.3 is 6.03 Å². The van der Waals surface area contributed by atoms with Crippen LogP contribution in [0.4, 0.5) is 4.79 Å². The summed E-state index contributed by atoms with van der Waals surface area (Å²) in [7, 11) is 0. The highest BCUT2D eigenvalue weighted by Gasteiger charge is 2.32. The lowest BCUT2D eigenvalue weighted by molar-refractivity contribution is -0.115. The Bertz CT molecular complexity index is 670. The third-order valence-electron chi connectivity index (χ3n) is 3.13. The number of allylic oxidation sites excluding steroid dienone is 4. The summed E-state index contributed by atoms with van der Waals surface area (Å²) >= 11 is 0. The molecule has 1 N–H and O–H groups in total. The van der Waals surface area contributed by atoms with Gasteiger partial charge in [-0.3, -0.25) is 15.0 Å². The van der Waals surface area contributed by atoms with E-state index < -0.39 is 6.03 Å². The Kier molecular flexibility index (Phi) is 5.09. The fourth-order valence-electron chi connectivity index (χ4n) is 2.07. The van der Waals surface area contributed by atoms with Crippen LogP contribution in [0.1, 0.15) is 12.5 Å². The van der Waals surface area contributed by atoms with E-state index in [2.05, 4.69) is 11.9 Å². The van der Waals surface area contributed by atoms with Crippen molar-refractivity contribution >= 4 is 18.0 Å². The fraction of sp³-hybridized carbons (Fsp3) is 0.111. The number of imide groups is 1. The molecule has 1 saturated heterocycles. The minimum absolute atomic E-state index is 0.358. The van der Waals surface area contributed by atoms with Gasteiger partial charge in [-0.05, 0) is 18.6 Å². The number of nitrogens with zero attached hydrogens (tertiary/aromatic N) is 1. The van der Waals surface area contributed by atoms with Crippen LogP contribution in [0.3, 0.4) is 0 Å². The van der Waals surface area contributed by atoms with E-state index in [-0.39, 0.29) is 5.91 Å². The topological polar surface area (TPSA) is 49.4 Å². The molecule has 1 aromatic carbocycles. The van der Waals surface area contributed by atoms with E-state index >= 15 is 0 Å². The first kappa shape index (κ1) is 15.5. The summed E-state index contributed by atoms with van der Waals surface area (Å²) in [6, 6.07) is 9.05. The van der Waals surface area contributed by atoms with Crippen molar-refractivity contribution in [1.29, 1.82) is 0 Å². The molecule has 0 atom stereocenters. The average Bonchev–Trinajstić information content (AvgIpc) is 2.76. The molecule has 0 aromatic heterocycles. The number of urea groups is 1. The highest BCUT2D eigenvalue weighted by atomic mass is 16.2. The molecular weight excluding hydrogens is 276 g/mol. The Labute approximate surface area is 130 Å². The van der Waals surface area contributed by atoms with Crippen LogP contribution in [-0.4, -0.2) is 23.4 Å². The van der Waals surface area contributed by atoms with Crippen LogP contribution in [-0.2, 0) is 4.79 Å². The van der Waals surface area contributed by atoms with Gasteiger partial charge in [0.05, 0.1) is 0 Å². The minimum atomic E-state index is -0.396. The number of nitrogens with one attached hydrogen (secondary N) is 1. The van der Waals surface area contributed by atoms with Gasteiger partial charge < -0.3 is 0 Å². The SMILES string of the molecule is C=C/C=C\C=C(/C)CN1C(=O)NC(=O)/C1=C\c1ccccc1. The molecule has 1 aliphatic rings. The Morgan fingerprint density at radius 2 is 1.95 bits per heavy atom. The number of amides is 3. The lowest BCUT2D eigenvalue weighted by Crippen LogP contribution is -2.29. The van der Waals surface area contributed by atoms with E-state index in [9.17, 15) is 9.59 Å². The Morgan fingerprint density at radius 3 is 2.64 bits per heavy atom. The second-order valence-electron chi connectivity index (χ2n) is 4.92. The summed E-state index contributed by atoms with van der Waals surface area (Å²) < 4.78 is 0. The molecule has 4 nitrogen and oxygen atoms in total. The average molecular weight is 294 g/mol. The van der Waals surface area contributed by atoms with Crippen LogP contribution in [0.5, 0.6) is 0 Å². The van der Waals surface area contributed by atoms with Crippen LogP contribution >= 0.6 is 0 Å². The van der Waals surface area contributed by atoms with Crippen molar-refractivity contribution < 1.29 is 9.59 Å². The van der Waals surface area contributed by atoms with Gasteiger partial charge in [-0.25, -0.2) is 4.79 Å². The van der Waals surface area contributed by atoms with E-state index in [4.69, 9.17) is 0 Å². The Morgan fingerprint density at radius 1 is 1.23 bits per heavy atom. The maximum atomic E-state index is 12.0. The summed E-state index contributed by atoms with van der Waals surface area (Å²) in [5, 5.41) is 2.33. The molecule has 0 bridgehead atoms. The third-order valence-corrected chi connectivity index (χ3v) is 3.13. The zero-order chi connectivity index (χ0) is 15.9. The van der Waals surface area contributed by atoms with E-state index in [0.29, 0.717) is 12.2 Å². The Balaban J connectivity index is 2.24. The molecule has 3 amide bonds. The van der Waals surface area contributed by atoms with E-state index in [1.807, 2.05) is 49.4 Å². The smallest absolute Gasteiger partial charge is 0.285 e. The van der Waals surface area contributed by atoms with Crippen LogP contribution in [0.2, 0.25) is 0 Å². The summed E-state index contributed by atoms with van der Waals surface area (Å²) in [6.45, 7) is 5.86. The molecule has 0 unspecified atom stereocenters. The zero-order valence-corrected chi connectivity index (χ0v) is 12.5. The second-order valence-corrected chi connectivity index (χ2v) is 4.92. The molecule has 1 aliphatic heterocycles. The van der Waals surface area contributed by atoms with Crippen molar-refractivity contribution in [3.05, 3.63) is 78.0 Å². The first-order valence-corrected chi connectivity index (χ1v) is 6.96. The number of benzene rings is 1. The molecule has 0 spiro atoms. The number of carbonyl (C=O) groups excluding carboxylic acids is 2. The van der Waals surface area contributed by atoms with Crippen molar-refractivity contribution in [1.82, 2.24) is 10.2 Å². The monoisotopic (exact) mass is 294 g/mol. The maximum absolute atomic E-state index is 12.0. The molecule has 0 radical (unpaired) electrons. The van der Waals surface area contributed by atoms with Gasteiger partial charge in [0.25, 0.3) is 5.91 Å². The highest BCUT2D eigenvalue weighted by Crippen LogP contribution is 2.18. The highest BCUT2D eigenvalue weighted by molar-refractivity contribution is 6.14. The second kappa shape index (κ2) is 7.22. The van der Waals surface area contributed by atoms with E-state index in [1.165, 1.54) is 4.90 Å². The first-order valence-electron chi connectivity index (χ1n) is 6.96. The molecule has 2 rings (SSSR count). The van der Waals surface area contributed by atoms with Gasteiger partial charge in [-0.2, -0.15) is 0 Å². The quantitative estimate of drug-likeness (QED) is 0.515. The van der Waals surface area contributed by atoms with Crippen molar-refractivity contribution in [3.8, 4) is 0 Å². The zero-order valence-electron chi connectivity index (χ0n) is 12.5. The molecule has 1 fully saturated rings. The van der Waals surface area contributed by atoms with Gasteiger partial charge in [-0.15, -0.1) is 0 Å². The summed E-state index contributed by atoms with van der Waals surface area (Å²) in [5.41, 5.74) is 2.19. The summed E-state index contributed by atoms with van der Waals surface area (Å²) in [5.74, 6) is -0.372. The van der Waals surface area contributed by atoms with Crippen molar-refractivity contribution in [2.45, 2.75) is 6.92 Å². The number of rotatable bonds is 5. The van der Waals surface area contributed by atoms with Crippen LogP contribution in [0.25, 0.3) is 6.08 Å². The molecule has 0 aliphatic carbocycles. The van der Waals surface area contributed by atoms with Crippen LogP contribution < -0.4 is 5.32 Å². The molecule has 1 heterocycles. The Hall–Kier alpha value is -2.88. The van der Waals surface area contributed by atoms with Crippen molar-refractivity contribution in [2.24, 2.45) is 0 Å². The number of carbonyl (C=O) groups is 2. The standard InChI is InChI=1S/C18H18N2O2/c1-3-4-6-9-14(2)13-20-16(17(21)19-18(20)22)12-15-10-7-5-8-11-15/h3-12H,1,13H2,2H3,(H,19,21,22)/b6-4-,14-9+,16-12+. The minimum Gasteiger partial charge on any atom is -0.285 e. The van der Waals surface area contributed by atoms with Crippen molar-refractivity contribution in [2.75, 3.05) is 6.54 Å². The fourth-order valence-corrected chi connectivity index (χ4v) is 2.07. The van der Waals surface area contributed by atoms with Gasteiger partial charge in [0, 0.05) is 6.54 Å². The van der Waals surface area contributed by atoms with Gasteiger partial charge in [0.15, 0.2) is 0 Å². The molecule has 112 valence electrons. The lowest BCUT2D eigenvalue weighted by Gasteiger charge is -2.15. The molecule has 1 aromatic rings. The van der Waals surface area contributed by atoms with Gasteiger partial charge in [-0.1, -0.05) is 66.8 Å². The van der Waals surface area contributed by atoms with E-state index in [0.717, 1.165) is 11.1 Å². The predicted molar refractivity (Wildman–Crippen MR) is 87.8 cm³/mol. The predicted octanol–water partition coefficient (Wildman–Crippen LogP) is 3.27. The van der Waals surface area contributed by atoms with Gasteiger partial charge in [0.2, 0.25) is 0 Å². The van der Waals surface area contributed by atoms with Crippen LogP contribution in [0, 0.1) is 0 Å². The van der Waals surface area contributed by atoms with Gasteiger partial charge in [0.1, 0.15) is 5.70 Å². The largest absolute Gasteiger partial charge is 0.329 e. The van der Waals surface area contributed by atoms with Crippen LogP contribution in [0.15, 0.2) is 72.5 Å². The molecular formula is C18H18N2O2. The molecule has 0 saturated carbocycles. The number of hydrogen-bond donors (Lipinski definition) is 1. The molecule has 22 heavy (non-hydrogen) atoms. The maximum Gasteiger partial charge on any atom is 0.329 e. The van der Waals surface area contributed by atoms with Crippen molar-refractivity contribution in [3.63, 3.8) is 0 Å². The summed E-state index contributed by atoms with van der Waals surface area (Å²) in [4.78, 5) is 25.3. The molecule has 4 heteroatoms. The lowest BCUT2D eigenvalue weighted by atomic mass is 10.1.